The van der Waals surface area contributed by atoms with Crippen molar-refractivity contribution >= 4 is 11.4 Å². The number of aryl methyl sites for hydroxylation is 2. The zero-order valence-electron chi connectivity index (χ0n) is 12.8. The average molecular weight is 281 g/mol. The number of hydrogen-bond acceptors (Lipinski definition) is 3. The van der Waals surface area contributed by atoms with Gasteiger partial charge >= 0.3 is 0 Å². The lowest BCUT2D eigenvalue weighted by molar-refractivity contribution is 0.526. The first-order valence-electron chi connectivity index (χ1n) is 7.73. The van der Waals surface area contributed by atoms with Crippen molar-refractivity contribution in [2.75, 3.05) is 23.3 Å². The van der Waals surface area contributed by atoms with Crippen LogP contribution in [0.2, 0.25) is 0 Å². The Morgan fingerprint density at radius 1 is 1.00 bits per heavy atom. The summed E-state index contributed by atoms with van der Waals surface area (Å²) < 4.78 is 0. The molecule has 21 heavy (non-hydrogen) atoms. The number of nitrogens with one attached hydrogen (secondary N) is 1. The van der Waals surface area contributed by atoms with Gasteiger partial charge < -0.3 is 10.2 Å². The molecule has 0 amide bonds. The smallest absolute Gasteiger partial charge is 0.0606 e. The number of aromatic nitrogens is 1. The van der Waals surface area contributed by atoms with Crippen LogP contribution in [0.5, 0.6) is 0 Å². The summed E-state index contributed by atoms with van der Waals surface area (Å²) in [7, 11) is 0. The second-order valence-electron chi connectivity index (χ2n) is 5.83. The molecule has 1 N–H and O–H groups in total. The third-order valence-corrected chi connectivity index (χ3v) is 4.20. The lowest BCUT2D eigenvalue weighted by atomic mass is 10.0. The Balaban J connectivity index is 1.59. The van der Waals surface area contributed by atoms with Gasteiger partial charge in [0.05, 0.1) is 11.4 Å². The standard InChI is InChI=1S/C18H23N3/c1-14-8-9-18(15(2)19-14)20-16-10-12-21(13-11-16)17-6-4-3-5-7-17/h3-9,16,20H,10-13H2,1-2H3. The van der Waals surface area contributed by atoms with Crippen molar-refractivity contribution in [3.63, 3.8) is 0 Å². The van der Waals surface area contributed by atoms with Gasteiger partial charge in [-0.25, -0.2) is 0 Å². The van der Waals surface area contributed by atoms with Crippen LogP contribution in [0.3, 0.4) is 0 Å². The molecule has 1 aromatic carbocycles. The van der Waals surface area contributed by atoms with Crippen LogP contribution in [0.1, 0.15) is 24.2 Å². The fraction of sp³-hybridized carbons (Fsp3) is 0.389. The summed E-state index contributed by atoms with van der Waals surface area (Å²) in [4.78, 5) is 7.00. The molecule has 0 atom stereocenters. The number of piperidine rings is 1. The number of para-hydroxylation sites is 1. The molecular formula is C18H23N3. The molecule has 0 bridgehead atoms. The van der Waals surface area contributed by atoms with E-state index in [4.69, 9.17) is 0 Å². The molecule has 1 aliphatic rings. The van der Waals surface area contributed by atoms with Gasteiger partial charge in [0, 0.05) is 30.5 Å². The van der Waals surface area contributed by atoms with Gasteiger partial charge in [0.25, 0.3) is 0 Å². The van der Waals surface area contributed by atoms with E-state index in [1.165, 1.54) is 24.2 Å². The topological polar surface area (TPSA) is 28.2 Å². The molecule has 2 heterocycles. The van der Waals surface area contributed by atoms with Gasteiger partial charge in [0.1, 0.15) is 0 Å². The minimum atomic E-state index is 0.549. The SMILES string of the molecule is Cc1ccc(NC2CCN(c3ccccc3)CC2)c(C)n1. The van der Waals surface area contributed by atoms with Gasteiger partial charge in [-0.15, -0.1) is 0 Å². The highest BCUT2D eigenvalue weighted by atomic mass is 15.1. The Bertz CT molecular complexity index is 587. The van der Waals surface area contributed by atoms with Crippen molar-refractivity contribution in [1.82, 2.24) is 4.98 Å². The summed E-state index contributed by atoms with van der Waals surface area (Å²) in [5, 5.41) is 3.66. The molecule has 0 saturated carbocycles. The van der Waals surface area contributed by atoms with Gasteiger partial charge in [0.15, 0.2) is 0 Å². The van der Waals surface area contributed by atoms with Crippen LogP contribution in [0.15, 0.2) is 42.5 Å². The van der Waals surface area contributed by atoms with E-state index in [9.17, 15) is 0 Å². The average Bonchev–Trinajstić information content (AvgIpc) is 2.52. The molecule has 0 unspecified atom stereocenters. The second-order valence-corrected chi connectivity index (χ2v) is 5.83. The van der Waals surface area contributed by atoms with E-state index in [0.29, 0.717) is 6.04 Å². The number of nitrogens with zero attached hydrogens (tertiary/aromatic N) is 2. The molecule has 2 aromatic rings. The highest BCUT2D eigenvalue weighted by Gasteiger charge is 2.19. The maximum Gasteiger partial charge on any atom is 0.0606 e. The summed E-state index contributed by atoms with van der Waals surface area (Å²) in [5.74, 6) is 0. The van der Waals surface area contributed by atoms with Gasteiger partial charge in [-0.05, 0) is 51.0 Å². The normalized spacial score (nSPS) is 16.0. The molecule has 1 aliphatic heterocycles. The first kappa shape index (κ1) is 13.9. The Kier molecular flexibility index (Phi) is 4.09. The number of rotatable bonds is 3. The van der Waals surface area contributed by atoms with Crippen molar-refractivity contribution in [3.05, 3.63) is 53.9 Å². The summed E-state index contributed by atoms with van der Waals surface area (Å²) in [6, 6.07) is 15.5. The van der Waals surface area contributed by atoms with Gasteiger partial charge in [0.2, 0.25) is 0 Å². The Morgan fingerprint density at radius 2 is 1.71 bits per heavy atom. The highest BCUT2D eigenvalue weighted by molar-refractivity contribution is 5.50. The zero-order valence-corrected chi connectivity index (χ0v) is 12.8. The van der Waals surface area contributed by atoms with Crippen molar-refractivity contribution in [2.45, 2.75) is 32.7 Å². The molecule has 3 nitrogen and oxygen atoms in total. The third kappa shape index (κ3) is 3.35. The molecule has 0 spiro atoms. The van der Waals surface area contributed by atoms with Crippen LogP contribution in [-0.2, 0) is 0 Å². The molecule has 110 valence electrons. The quantitative estimate of drug-likeness (QED) is 0.928. The van der Waals surface area contributed by atoms with E-state index in [2.05, 4.69) is 64.6 Å². The van der Waals surface area contributed by atoms with Crippen LogP contribution < -0.4 is 10.2 Å². The summed E-state index contributed by atoms with van der Waals surface area (Å²) in [6.07, 6.45) is 2.34. The maximum absolute atomic E-state index is 4.53. The van der Waals surface area contributed by atoms with Crippen LogP contribution in [0.4, 0.5) is 11.4 Å². The molecule has 0 radical (unpaired) electrons. The fourth-order valence-corrected chi connectivity index (χ4v) is 2.98. The lowest BCUT2D eigenvalue weighted by Gasteiger charge is -2.34. The van der Waals surface area contributed by atoms with Crippen LogP contribution >= 0.6 is 0 Å². The van der Waals surface area contributed by atoms with E-state index < -0.39 is 0 Å². The van der Waals surface area contributed by atoms with E-state index in [-0.39, 0.29) is 0 Å². The van der Waals surface area contributed by atoms with Crippen LogP contribution in [-0.4, -0.2) is 24.1 Å². The van der Waals surface area contributed by atoms with E-state index in [1.54, 1.807) is 0 Å². The maximum atomic E-state index is 4.53. The largest absolute Gasteiger partial charge is 0.381 e. The van der Waals surface area contributed by atoms with E-state index in [1.807, 2.05) is 6.92 Å². The fourth-order valence-electron chi connectivity index (χ4n) is 2.98. The van der Waals surface area contributed by atoms with E-state index >= 15 is 0 Å². The molecule has 1 aromatic heterocycles. The molecule has 1 saturated heterocycles. The molecule has 0 aliphatic carbocycles. The van der Waals surface area contributed by atoms with Crippen LogP contribution in [0.25, 0.3) is 0 Å². The van der Waals surface area contributed by atoms with Crippen molar-refractivity contribution in [3.8, 4) is 0 Å². The summed E-state index contributed by atoms with van der Waals surface area (Å²) >= 11 is 0. The zero-order chi connectivity index (χ0) is 14.7. The number of anilines is 2. The van der Waals surface area contributed by atoms with Crippen molar-refractivity contribution in [1.29, 1.82) is 0 Å². The first-order chi connectivity index (χ1) is 10.2. The Morgan fingerprint density at radius 3 is 2.38 bits per heavy atom. The minimum absolute atomic E-state index is 0.549. The molecule has 1 fully saturated rings. The monoisotopic (exact) mass is 281 g/mol. The predicted molar refractivity (Wildman–Crippen MR) is 89.0 cm³/mol. The highest BCUT2D eigenvalue weighted by Crippen LogP contribution is 2.22. The lowest BCUT2D eigenvalue weighted by Crippen LogP contribution is -2.39. The van der Waals surface area contributed by atoms with Gasteiger partial charge in [-0.1, -0.05) is 18.2 Å². The van der Waals surface area contributed by atoms with Crippen molar-refractivity contribution < 1.29 is 0 Å². The minimum Gasteiger partial charge on any atom is -0.381 e. The van der Waals surface area contributed by atoms with Crippen LogP contribution in [0, 0.1) is 13.8 Å². The van der Waals surface area contributed by atoms with E-state index in [0.717, 1.165) is 24.5 Å². The number of hydrogen-bond donors (Lipinski definition) is 1. The third-order valence-electron chi connectivity index (χ3n) is 4.20. The van der Waals surface area contributed by atoms with Crippen molar-refractivity contribution in [2.24, 2.45) is 0 Å². The summed E-state index contributed by atoms with van der Waals surface area (Å²) in [5.41, 5.74) is 4.69. The summed E-state index contributed by atoms with van der Waals surface area (Å²) in [6.45, 7) is 6.34. The molecule has 3 rings (SSSR count). The predicted octanol–water partition coefficient (Wildman–Crippen LogP) is 3.78. The second kappa shape index (κ2) is 6.17. The number of benzene rings is 1. The van der Waals surface area contributed by atoms with Gasteiger partial charge in [-0.3, -0.25) is 4.98 Å². The van der Waals surface area contributed by atoms with Gasteiger partial charge in [-0.2, -0.15) is 0 Å². The molecule has 3 heteroatoms. The first-order valence-corrected chi connectivity index (χ1v) is 7.73. The Labute approximate surface area is 127 Å². The Hall–Kier alpha value is -2.03. The number of pyridine rings is 1. The molecular weight excluding hydrogens is 258 g/mol.